The van der Waals surface area contributed by atoms with Crippen molar-refractivity contribution in [1.82, 2.24) is 25.1 Å². The minimum atomic E-state index is 0.00955. The molecule has 1 atom stereocenters. The van der Waals surface area contributed by atoms with Gasteiger partial charge in [-0.1, -0.05) is 19.9 Å². The summed E-state index contributed by atoms with van der Waals surface area (Å²) in [5, 5.41) is 11.3. The average Bonchev–Trinajstić information content (AvgIpc) is 3.43. The van der Waals surface area contributed by atoms with Crippen LogP contribution in [0.15, 0.2) is 47.1 Å². The summed E-state index contributed by atoms with van der Waals surface area (Å²) in [6.45, 7) is 4.75. The molecule has 0 spiro atoms. The molecule has 0 radical (unpaired) electrons. The maximum atomic E-state index is 12.8. The Kier molecular flexibility index (Phi) is 6.02. The van der Waals surface area contributed by atoms with E-state index in [-0.39, 0.29) is 17.9 Å². The second kappa shape index (κ2) is 9.02. The zero-order valence-electron chi connectivity index (χ0n) is 17.3. The maximum Gasteiger partial charge on any atom is 0.223 e. The van der Waals surface area contributed by atoms with E-state index in [1.54, 1.807) is 12.4 Å². The highest BCUT2D eigenvalue weighted by molar-refractivity contribution is 5.77. The van der Waals surface area contributed by atoms with Crippen molar-refractivity contribution in [3.8, 4) is 0 Å². The standard InChI is InChI=1S/C22H26N6O2/c1-15(2)22-27-26-20(30-22)10-11-21(29)28-13-5-6-18(28)17-9-8-16(14-24-17)25-19-7-3-4-12-23-19/h3-4,7-9,12,14-15,18H,5-6,10-11,13H2,1-2H3,(H,23,25). The molecular formula is C22H26N6O2. The fourth-order valence-corrected chi connectivity index (χ4v) is 3.59. The van der Waals surface area contributed by atoms with Crippen LogP contribution in [0.2, 0.25) is 0 Å². The van der Waals surface area contributed by atoms with Crippen LogP contribution in [0.25, 0.3) is 0 Å². The molecule has 0 bridgehead atoms. The van der Waals surface area contributed by atoms with E-state index in [9.17, 15) is 4.79 Å². The van der Waals surface area contributed by atoms with Crippen molar-refractivity contribution in [3.05, 3.63) is 60.2 Å². The highest BCUT2D eigenvalue weighted by Gasteiger charge is 2.30. The molecule has 0 aromatic carbocycles. The van der Waals surface area contributed by atoms with Crippen LogP contribution in [-0.2, 0) is 11.2 Å². The van der Waals surface area contributed by atoms with Gasteiger partial charge in [-0.2, -0.15) is 0 Å². The Balaban J connectivity index is 1.37. The van der Waals surface area contributed by atoms with Crippen LogP contribution in [0.1, 0.15) is 62.5 Å². The molecule has 1 amide bonds. The molecule has 1 fully saturated rings. The summed E-state index contributed by atoms with van der Waals surface area (Å²) in [5.74, 6) is 2.18. The Labute approximate surface area is 175 Å². The number of nitrogens with zero attached hydrogens (tertiary/aromatic N) is 5. The summed E-state index contributed by atoms with van der Waals surface area (Å²) in [7, 11) is 0. The number of pyridine rings is 2. The molecule has 4 rings (SSSR count). The van der Waals surface area contributed by atoms with Crippen LogP contribution in [0.3, 0.4) is 0 Å². The number of hydrogen-bond acceptors (Lipinski definition) is 7. The molecule has 1 saturated heterocycles. The summed E-state index contributed by atoms with van der Waals surface area (Å²) in [6.07, 6.45) is 6.24. The first-order chi connectivity index (χ1) is 14.6. The Morgan fingerprint density at radius 3 is 2.83 bits per heavy atom. The third-order valence-corrected chi connectivity index (χ3v) is 5.17. The second-order valence-corrected chi connectivity index (χ2v) is 7.75. The van der Waals surface area contributed by atoms with Crippen molar-refractivity contribution in [2.24, 2.45) is 0 Å². The quantitative estimate of drug-likeness (QED) is 0.633. The highest BCUT2D eigenvalue weighted by atomic mass is 16.4. The largest absolute Gasteiger partial charge is 0.425 e. The molecule has 30 heavy (non-hydrogen) atoms. The first-order valence-electron chi connectivity index (χ1n) is 10.4. The van der Waals surface area contributed by atoms with Gasteiger partial charge in [0.15, 0.2) is 0 Å². The number of nitrogens with one attached hydrogen (secondary N) is 1. The van der Waals surface area contributed by atoms with Crippen molar-refractivity contribution in [1.29, 1.82) is 0 Å². The Bertz CT molecular complexity index is 971. The van der Waals surface area contributed by atoms with E-state index >= 15 is 0 Å². The summed E-state index contributed by atoms with van der Waals surface area (Å²) in [4.78, 5) is 23.6. The van der Waals surface area contributed by atoms with Crippen molar-refractivity contribution < 1.29 is 9.21 Å². The van der Waals surface area contributed by atoms with Crippen LogP contribution >= 0.6 is 0 Å². The second-order valence-electron chi connectivity index (χ2n) is 7.75. The molecule has 1 aliphatic heterocycles. The molecule has 0 saturated carbocycles. The van der Waals surface area contributed by atoms with Gasteiger partial charge in [-0.15, -0.1) is 10.2 Å². The van der Waals surface area contributed by atoms with E-state index in [0.29, 0.717) is 24.6 Å². The molecular weight excluding hydrogens is 380 g/mol. The first-order valence-corrected chi connectivity index (χ1v) is 10.4. The molecule has 8 heteroatoms. The van der Waals surface area contributed by atoms with Crippen LogP contribution in [0.4, 0.5) is 11.5 Å². The number of amides is 1. The normalized spacial score (nSPS) is 16.2. The average molecular weight is 406 g/mol. The minimum Gasteiger partial charge on any atom is -0.425 e. The first kappa shape index (κ1) is 20.0. The number of anilines is 2. The van der Waals surface area contributed by atoms with Crippen LogP contribution in [0, 0.1) is 0 Å². The maximum absolute atomic E-state index is 12.8. The summed E-state index contributed by atoms with van der Waals surface area (Å²) >= 11 is 0. The lowest BCUT2D eigenvalue weighted by molar-refractivity contribution is -0.132. The molecule has 8 nitrogen and oxygen atoms in total. The fourth-order valence-electron chi connectivity index (χ4n) is 3.59. The Morgan fingerprint density at radius 2 is 2.13 bits per heavy atom. The molecule has 4 heterocycles. The fraction of sp³-hybridized carbons (Fsp3) is 0.409. The van der Waals surface area contributed by atoms with E-state index < -0.39 is 0 Å². The van der Waals surface area contributed by atoms with Gasteiger partial charge in [0.05, 0.1) is 23.6 Å². The lowest BCUT2D eigenvalue weighted by atomic mass is 10.1. The topological polar surface area (TPSA) is 97.0 Å². The van der Waals surface area contributed by atoms with E-state index in [1.165, 1.54) is 0 Å². The van der Waals surface area contributed by atoms with E-state index in [0.717, 1.165) is 36.6 Å². The molecule has 1 aliphatic rings. The SMILES string of the molecule is CC(C)c1nnc(CCC(=O)N2CCCC2c2ccc(Nc3ccccn3)cn2)o1. The molecule has 3 aromatic heterocycles. The molecule has 1 N–H and O–H groups in total. The lowest BCUT2D eigenvalue weighted by Gasteiger charge is -2.24. The summed E-state index contributed by atoms with van der Waals surface area (Å²) < 4.78 is 5.61. The number of aryl methyl sites for hydroxylation is 1. The monoisotopic (exact) mass is 406 g/mol. The molecule has 0 aliphatic carbocycles. The number of rotatable bonds is 7. The van der Waals surface area contributed by atoms with Gasteiger partial charge in [-0.25, -0.2) is 4.98 Å². The van der Waals surface area contributed by atoms with Crippen molar-refractivity contribution in [2.45, 2.75) is 51.5 Å². The third kappa shape index (κ3) is 4.64. The Morgan fingerprint density at radius 1 is 1.23 bits per heavy atom. The molecule has 156 valence electrons. The van der Waals surface area contributed by atoms with Gasteiger partial charge in [-0.05, 0) is 37.1 Å². The van der Waals surface area contributed by atoms with E-state index in [1.807, 2.05) is 49.1 Å². The van der Waals surface area contributed by atoms with Gasteiger partial charge in [0.2, 0.25) is 17.7 Å². The van der Waals surface area contributed by atoms with Crippen LogP contribution in [0.5, 0.6) is 0 Å². The predicted molar refractivity (Wildman–Crippen MR) is 112 cm³/mol. The zero-order chi connectivity index (χ0) is 20.9. The van der Waals surface area contributed by atoms with Gasteiger partial charge < -0.3 is 14.6 Å². The van der Waals surface area contributed by atoms with Crippen molar-refractivity contribution in [3.63, 3.8) is 0 Å². The van der Waals surface area contributed by atoms with Crippen molar-refractivity contribution in [2.75, 3.05) is 11.9 Å². The number of likely N-dealkylation sites (tertiary alicyclic amines) is 1. The van der Waals surface area contributed by atoms with Gasteiger partial charge in [0.1, 0.15) is 5.82 Å². The van der Waals surface area contributed by atoms with Gasteiger partial charge in [-0.3, -0.25) is 9.78 Å². The van der Waals surface area contributed by atoms with E-state index in [2.05, 4.69) is 25.5 Å². The van der Waals surface area contributed by atoms with Crippen LogP contribution in [-0.4, -0.2) is 37.5 Å². The van der Waals surface area contributed by atoms with Crippen LogP contribution < -0.4 is 5.32 Å². The zero-order valence-corrected chi connectivity index (χ0v) is 17.3. The Hall–Kier alpha value is -3.29. The number of aromatic nitrogens is 4. The van der Waals surface area contributed by atoms with Gasteiger partial charge in [0, 0.05) is 31.5 Å². The number of carbonyl (C=O) groups excluding carboxylic acids is 1. The molecule has 1 unspecified atom stereocenters. The smallest absolute Gasteiger partial charge is 0.223 e. The summed E-state index contributed by atoms with van der Waals surface area (Å²) in [6, 6.07) is 9.67. The van der Waals surface area contributed by atoms with E-state index in [4.69, 9.17) is 4.42 Å². The van der Waals surface area contributed by atoms with Gasteiger partial charge in [0.25, 0.3) is 0 Å². The van der Waals surface area contributed by atoms with Gasteiger partial charge >= 0.3 is 0 Å². The number of hydrogen-bond donors (Lipinski definition) is 1. The van der Waals surface area contributed by atoms with Crippen molar-refractivity contribution >= 4 is 17.4 Å². The lowest BCUT2D eigenvalue weighted by Crippen LogP contribution is -2.31. The summed E-state index contributed by atoms with van der Waals surface area (Å²) in [5.41, 5.74) is 1.78. The highest BCUT2D eigenvalue weighted by Crippen LogP contribution is 2.32. The predicted octanol–water partition coefficient (Wildman–Crippen LogP) is 4.02. The minimum absolute atomic E-state index is 0.00955. The number of carbonyl (C=O) groups is 1. The third-order valence-electron chi connectivity index (χ3n) is 5.17. The molecule has 3 aromatic rings.